The molecule has 2 rings (SSSR count). The Hall–Kier alpha value is -1.97. The summed E-state index contributed by atoms with van der Waals surface area (Å²) in [7, 11) is 1.83. The zero-order valence-electron chi connectivity index (χ0n) is 9.65. The van der Waals surface area contributed by atoms with Crippen LogP contribution in [0.25, 0.3) is 11.3 Å². The van der Waals surface area contributed by atoms with Crippen molar-refractivity contribution < 1.29 is 0 Å². The summed E-state index contributed by atoms with van der Waals surface area (Å²) < 4.78 is 0. The summed E-state index contributed by atoms with van der Waals surface area (Å²) in [5.41, 5.74) is 4.33. The van der Waals surface area contributed by atoms with Gasteiger partial charge in [-0.15, -0.1) is 10.2 Å². The van der Waals surface area contributed by atoms with Gasteiger partial charge in [0.2, 0.25) is 0 Å². The quantitative estimate of drug-likeness (QED) is 0.832. The summed E-state index contributed by atoms with van der Waals surface area (Å²) in [5.74, 6) is 0.748. The number of nitrogens with one attached hydrogen (secondary N) is 1. The first-order valence-corrected chi connectivity index (χ1v) is 5.15. The lowest BCUT2D eigenvalue weighted by Crippen LogP contribution is -1.99. The molecular weight excluding hydrogens is 200 g/mol. The highest BCUT2D eigenvalue weighted by atomic mass is 15.2. The third-order valence-corrected chi connectivity index (χ3v) is 2.64. The van der Waals surface area contributed by atoms with E-state index < -0.39 is 0 Å². The standard InChI is InChI=1S/C12H14N4/c1-8-4-5-10(6-9(8)2)11-12(13-3)14-7-15-16-11/h4-7H,1-3H3,(H,13,14,15). The van der Waals surface area contributed by atoms with Crippen LogP contribution in [0, 0.1) is 13.8 Å². The molecular formula is C12H14N4. The van der Waals surface area contributed by atoms with Crippen LogP contribution in [0.15, 0.2) is 24.5 Å². The van der Waals surface area contributed by atoms with E-state index >= 15 is 0 Å². The largest absolute Gasteiger partial charge is 0.371 e. The number of hydrogen-bond donors (Lipinski definition) is 1. The number of hydrogen-bond acceptors (Lipinski definition) is 4. The summed E-state index contributed by atoms with van der Waals surface area (Å²) in [6.45, 7) is 4.18. The second-order valence-corrected chi connectivity index (χ2v) is 3.71. The molecule has 82 valence electrons. The van der Waals surface area contributed by atoms with Gasteiger partial charge in [0.25, 0.3) is 0 Å². The summed E-state index contributed by atoms with van der Waals surface area (Å²) in [4.78, 5) is 4.14. The van der Waals surface area contributed by atoms with Crippen molar-refractivity contribution in [3.63, 3.8) is 0 Å². The van der Waals surface area contributed by atoms with E-state index in [2.05, 4.69) is 46.5 Å². The van der Waals surface area contributed by atoms with Gasteiger partial charge in [-0.05, 0) is 31.0 Å². The smallest absolute Gasteiger partial charge is 0.156 e. The van der Waals surface area contributed by atoms with Gasteiger partial charge in [-0.25, -0.2) is 4.98 Å². The summed E-state index contributed by atoms with van der Waals surface area (Å²) >= 11 is 0. The molecule has 0 amide bonds. The van der Waals surface area contributed by atoms with E-state index in [-0.39, 0.29) is 0 Å². The Morgan fingerprint density at radius 2 is 1.94 bits per heavy atom. The Morgan fingerprint density at radius 3 is 2.62 bits per heavy atom. The molecule has 0 atom stereocenters. The number of aryl methyl sites for hydroxylation is 2. The molecule has 0 aliphatic rings. The number of nitrogens with zero attached hydrogens (tertiary/aromatic N) is 3. The molecule has 0 saturated heterocycles. The Morgan fingerprint density at radius 1 is 1.12 bits per heavy atom. The van der Waals surface area contributed by atoms with Gasteiger partial charge in [0.1, 0.15) is 12.0 Å². The van der Waals surface area contributed by atoms with E-state index in [1.165, 1.54) is 17.5 Å². The highest BCUT2D eigenvalue weighted by Gasteiger charge is 2.07. The number of benzene rings is 1. The zero-order valence-corrected chi connectivity index (χ0v) is 9.65. The second-order valence-electron chi connectivity index (χ2n) is 3.71. The molecule has 4 heteroatoms. The fourth-order valence-electron chi connectivity index (χ4n) is 1.54. The molecule has 0 spiro atoms. The molecule has 0 aliphatic carbocycles. The van der Waals surface area contributed by atoms with Crippen molar-refractivity contribution in [2.24, 2.45) is 0 Å². The van der Waals surface area contributed by atoms with Crippen LogP contribution >= 0.6 is 0 Å². The van der Waals surface area contributed by atoms with Crippen LogP contribution < -0.4 is 5.32 Å². The van der Waals surface area contributed by atoms with Crippen molar-refractivity contribution in [2.45, 2.75) is 13.8 Å². The van der Waals surface area contributed by atoms with E-state index in [9.17, 15) is 0 Å². The lowest BCUT2D eigenvalue weighted by molar-refractivity contribution is 0.977. The lowest BCUT2D eigenvalue weighted by atomic mass is 10.0. The van der Waals surface area contributed by atoms with Crippen LogP contribution in [0.5, 0.6) is 0 Å². The molecule has 0 unspecified atom stereocenters. The minimum Gasteiger partial charge on any atom is -0.371 e. The predicted molar refractivity (Wildman–Crippen MR) is 64.3 cm³/mol. The van der Waals surface area contributed by atoms with E-state index in [4.69, 9.17) is 0 Å². The minimum absolute atomic E-state index is 0.748. The normalized spacial score (nSPS) is 10.2. The maximum Gasteiger partial charge on any atom is 0.156 e. The summed E-state index contributed by atoms with van der Waals surface area (Å²) in [5, 5.41) is 11.0. The molecule has 0 fully saturated rings. The molecule has 0 aliphatic heterocycles. The second kappa shape index (κ2) is 4.26. The average molecular weight is 214 g/mol. The maximum atomic E-state index is 4.14. The highest BCUT2D eigenvalue weighted by molar-refractivity contribution is 5.71. The van der Waals surface area contributed by atoms with Crippen LogP contribution in [0.3, 0.4) is 0 Å². The topological polar surface area (TPSA) is 50.7 Å². The first-order chi connectivity index (χ1) is 7.72. The van der Waals surface area contributed by atoms with E-state index in [1.54, 1.807) is 0 Å². The van der Waals surface area contributed by atoms with Crippen LogP contribution in [0.4, 0.5) is 5.82 Å². The third kappa shape index (κ3) is 1.86. The van der Waals surface area contributed by atoms with Gasteiger partial charge in [-0.2, -0.15) is 0 Å². The van der Waals surface area contributed by atoms with Gasteiger partial charge >= 0.3 is 0 Å². The minimum atomic E-state index is 0.748. The van der Waals surface area contributed by atoms with Gasteiger partial charge in [-0.1, -0.05) is 12.1 Å². The van der Waals surface area contributed by atoms with E-state index in [1.807, 2.05) is 13.1 Å². The highest BCUT2D eigenvalue weighted by Crippen LogP contribution is 2.24. The van der Waals surface area contributed by atoms with Crippen molar-refractivity contribution >= 4 is 5.82 Å². The Labute approximate surface area is 94.8 Å². The SMILES string of the molecule is CNc1ncnnc1-c1ccc(C)c(C)c1. The van der Waals surface area contributed by atoms with Crippen LogP contribution in [-0.4, -0.2) is 22.2 Å². The molecule has 1 aromatic heterocycles. The molecule has 1 heterocycles. The molecule has 0 radical (unpaired) electrons. The zero-order chi connectivity index (χ0) is 11.5. The first kappa shape index (κ1) is 10.5. The number of aromatic nitrogens is 3. The van der Waals surface area contributed by atoms with E-state index in [0.29, 0.717) is 0 Å². The van der Waals surface area contributed by atoms with Crippen LogP contribution in [-0.2, 0) is 0 Å². The van der Waals surface area contributed by atoms with E-state index in [0.717, 1.165) is 17.1 Å². The fourth-order valence-corrected chi connectivity index (χ4v) is 1.54. The van der Waals surface area contributed by atoms with Crippen molar-refractivity contribution in [3.05, 3.63) is 35.7 Å². The first-order valence-electron chi connectivity index (χ1n) is 5.15. The predicted octanol–water partition coefficient (Wildman–Crippen LogP) is 2.20. The van der Waals surface area contributed by atoms with Gasteiger partial charge in [0, 0.05) is 12.6 Å². The van der Waals surface area contributed by atoms with Crippen molar-refractivity contribution in [2.75, 3.05) is 12.4 Å². The number of rotatable bonds is 2. The van der Waals surface area contributed by atoms with Crippen molar-refractivity contribution in [1.82, 2.24) is 15.2 Å². The maximum absolute atomic E-state index is 4.14. The molecule has 0 saturated carbocycles. The summed E-state index contributed by atoms with van der Waals surface area (Å²) in [6, 6.07) is 6.22. The van der Waals surface area contributed by atoms with Gasteiger partial charge in [0.05, 0.1) is 0 Å². The molecule has 2 aromatic rings. The molecule has 1 N–H and O–H groups in total. The van der Waals surface area contributed by atoms with Gasteiger partial charge in [-0.3, -0.25) is 0 Å². The van der Waals surface area contributed by atoms with Crippen molar-refractivity contribution in [3.8, 4) is 11.3 Å². The Kier molecular flexibility index (Phi) is 2.81. The van der Waals surface area contributed by atoms with Gasteiger partial charge < -0.3 is 5.32 Å². The average Bonchev–Trinajstić information content (AvgIpc) is 2.32. The molecule has 16 heavy (non-hydrogen) atoms. The molecule has 4 nitrogen and oxygen atoms in total. The summed E-state index contributed by atoms with van der Waals surface area (Å²) in [6.07, 6.45) is 1.44. The Bertz CT molecular complexity index is 508. The van der Waals surface area contributed by atoms with Crippen LogP contribution in [0.2, 0.25) is 0 Å². The lowest BCUT2D eigenvalue weighted by Gasteiger charge is -2.07. The monoisotopic (exact) mass is 214 g/mol. The van der Waals surface area contributed by atoms with Gasteiger partial charge in [0.15, 0.2) is 5.82 Å². The van der Waals surface area contributed by atoms with Crippen molar-refractivity contribution in [1.29, 1.82) is 0 Å². The number of anilines is 1. The van der Waals surface area contributed by atoms with Crippen LogP contribution in [0.1, 0.15) is 11.1 Å². The molecule has 1 aromatic carbocycles. The fraction of sp³-hybridized carbons (Fsp3) is 0.250. The molecule has 0 bridgehead atoms. The third-order valence-electron chi connectivity index (χ3n) is 2.64. The Balaban J connectivity index is 2.54.